The van der Waals surface area contributed by atoms with Crippen LogP contribution in [0.3, 0.4) is 0 Å². The van der Waals surface area contributed by atoms with Crippen molar-refractivity contribution in [3.05, 3.63) is 36.3 Å². The van der Waals surface area contributed by atoms with Gasteiger partial charge in [0.15, 0.2) is 0 Å². The maximum absolute atomic E-state index is 5.14. The third-order valence-electron chi connectivity index (χ3n) is 2.19. The number of hydrogen-bond donors (Lipinski definition) is 1. The van der Waals surface area contributed by atoms with E-state index in [9.17, 15) is 0 Å². The molecule has 0 atom stereocenters. The van der Waals surface area contributed by atoms with E-state index in [1.807, 2.05) is 31.4 Å². The minimum Gasteiger partial charge on any atom is -0.480 e. The van der Waals surface area contributed by atoms with Crippen molar-refractivity contribution in [1.29, 1.82) is 0 Å². The average Bonchev–Trinajstić information content (AvgIpc) is 2.73. The van der Waals surface area contributed by atoms with E-state index in [4.69, 9.17) is 4.74 Å². The largest absolute Gasteiger partial charge is 0.480 e. The molecule has 2 heterocycles. The van der Waals surface area contributed by atoms with Gasteiger partial charge in [-0.3, -0.25) is 4.68 Å². The summed E-state index contributed by atoms with van der Waals surface area (Å²) in [5.41, 5.74) is 1.85. The van der Waals surface area contributed by atoms with E-state index in [0.29, 0.717) is 12.4 Å². The van der Waals surface area contributed by atoms with Crippen LogP contribution in [-0.2, 0) is 13.6 Å². The predicted octanol–water partition coefficient (Wildman–Crippen LogP) is 1.44. The number of pyridine rings is 1. The van der Waals surface area contributed by atoms with Gasteiger partial charge in [-0.25, -0.2) is 4.98 Å². The van der Waals surface area contributed by atoms with Crippen molar-refractivity contribution < 1.29 is 4.74 Å². The Bertz CT molecular complexity index is 467. The summed E-state index contributed by atoms with van der Waals surface area (Å²) in [6.07, 6.45) is 3.61. The predicted molar refractivity (Wildman–Crippen MR) is 61.3 cm³/mol. The zero-order chi connectivity index (χ0) is 11.4. The van der Waals surface area contributed by atoms with E-state index in [0.717, 1.165) is 11.4 Å². The lowest BCUT2D eigenvalue weighted by atomic mass is 10.3. The van der Waals surface area contributed by atoms with Crippen LogP contribution in [0.4, 0.5) is 5.69 Å². The molecule has 0 unspecified atom stereocenters. The van der Waals surface area contributed by atoms with Crippen LogP contribution in [0.25, 0.3) is 0 Å². The third-order valence-corrected chi connectivity index (χ3v) is 2.19. The summed E-state index contributed by atoms with van der Waals surface area (Å²) in [6, 6.07) is 5.76. The zero-order valence-corrected chi connectivity index (χ0v) is 9.34. The molecule has 0 aliphatic rings. The average molecular weight is 218 g/mol. The Morgan fingerprint density at radius 2 is 2.31 bits per heavy atom. The van der Waals surface area contributed by atoms with E-state index in [-0.39, 0.29) is 0 Å². The van der Waals surface area contributed by atoms with Gasteiger partial charge < -0.3 is 10.1 Å². The minimum atomic E-state index is 0.596. The van der Waals surface area contributed by atoms with Crippen molar-refractivity contribution in [2.24, 2.45) is 7.05 Å². The van der Waals surface area contributed by atoms with Gasteiger partial charge >= 0.3 is 0 Å². The Labute approximate surface area is 94.1 Å². The highest BCUT2D eigenvalue weighted by Crippen LogP contribution is 2.20. The summed E-state index contributed by atoms with van der Waals surface area (Å²) >= 11 is 0. The van der Waals surface area contributed by atoms with Crippen LogP contribution < -0.4 is 10.1 Å². The van der Waals surface area contributed by atoms with Crippen LogP contribution in [-0.4, -0.2) is 21.9 Å². The van der Waals surface area contributed by atoms with E-state index in [2.05, 4.69) is 15.4 Å². The Kier molecular flexibility index (Phi) is 3.05. The van der Waals surface area contributed by atoms with Gasteiger partial charge in [0.05, 0.1) is 25.0 Å². The number of nitrogens with one attached hydrogen (secondary N) is 1. The first-order valence-electron chi connectivity index (χ1n) is 5.01. The first-order valence-corrected chi connectivity index (χ1v) is 5.01. The fourth-order valence-electron chi connectivity index (χ4n) is 1.43. The molecule has 16 heavy (non-hydrogen) atoms. The number of anilines is 1. The summed E-state index contributed by atoms with van der Waals surface area (Å²) < 4.78 is 6.92. The number of nitrogens with zero attached hydrogens (tertiary/aromatic N) is 3. The topological polar surface area (TPSA) is 52.0 Å². The van der Waals surface area contributed by atoms with Crippen molar-refractivity contribution >= 4 is 5.69 Å². The van der Waals surface area contributed by atoms with Crippen molar-refractivity contribution in [1.82, 2.24) is 14.8 Å². The molecule has 0 spiro atoms. The number of hydrogen-bond acceptors (Lipinski definition) is 4. The van der Waals surface area contributed by atoms with Crippen LogP contribution in [0.2, 0.25) is 0 Å². The number of aryl methyl sites for hydroxylation is 1. The minimum absolute atomic E-state index is 0.596. The summed E-state index contributed by atoms with van der Waals surface area (Å²) in [5, 5.41) is 7.50. The molecule has 0 aliphatic heterocycles. The SMILES string of the molecule is COc1ncccc1NCc1ccn(C)n1. The second-order valence-electron chi connectivity index (χ2n) is 3.39. The van der Waals surface area contributed by atoms with Gasteiger partial charge in [-0.1, -0.05) is 0 Å². The quantitative estimate of drug-likeness (QED) is 0.843. The van der Waals surface area contributed by atoms with Gasteiger partial charge in [-0.05, 0) is 18.2 Å². The molecule has 0 bridgehead atoms. The molecule has 2 aromatic rings. The van der Waals surface area contributed by atoms with Gasteiger partial charge in [0.1, 0.15) is 0 Å². The molecular formula is C11H14N4O. The lowest BCUT2D eigenvalue weighted by Crippen LogP contribution is -2.03. The van der Waals surface area contributed by atoms with Crippen LogP contribution >= 0.6 is 0 Å². The molecule has 5 heteroatoms. The van der Waals surface area contributed by atoms with E-state index in [1.54, 1.807) is 18.0 Å². The first kappa shape index (κ1) is 10.5. The standard InChI is InChI=1S/C11H14N4O/c1-15-7-5-9(14-15)8-13-10-4-3-6-12-11(10)16-2/h3-7,13H,8H2,1-2H3. The summed E-state index contributed by atoms with van der Waals surface area (Å²) in [5.74, 6) is 0.596. The van der Waals surface area contributed by atoms with E-state index < -0.39 is 0 Å². The van der Waals surface area contributed by atoms with Gasteiger partial charge in [0.2, 0.25) is 5.88 Å². The molecular weight excluding hydrogens is 204 g/mol. The summed E-state index contributed by atoms with van der Waals surface area (Å²) in [4.78, 5) is 4.10. The second kappa shape index (κ2) is 4.65. The maximum atomic E-state index is 5.14. The van der Waals surface area contributed by atoms with Gasteiger partial charge in [0, 0.05) is 19.4 Å². The molecule has 0 radical (unpaired) electrons. The monoisotopic (exact) mass is 218 g/mol. The molecule has 0 aliphatic carbocycles. The van der Waals surface area contributed by atoms with Crippen molar-refractivity contribution in [3.63, 3.8) is 0 Å². The number of rotatable bonds is 4. The van der Waals surface area contributed by atoms with E-state index >= 15 is 0 Å². The fourth-order valence-corrected chi connectivity index (χ4v) is 1.43. The van der Waals surface area contributed by atoms with Crippen molar-refractivity contribution in [2.75, 3.05) is 12.4 Å². The summed E-state index contributed by atoms with van der Waals surface area (Å²) in [6.45, 7) is 0.656. The smallest absolute Gasteiger partial charge is 0.237 e. The number of aromatic nitrogens is 3. The van der Waals surface area contributed by atoms with Crippen LogP contribution in [0.15, 0.2) is 30.6 Å². The summed E-state index contributed by atoms with van der Waals surface area (Å²) in [7, 11) is 3.50. The van der Waals surface area contributed by atoms with E-state index in [1.165, 1.54) is 0 Å². The lowest BCUT2D eigenvalue weighted by molar-refractivity contribution is 0.399. The van der Waals surface area contributed by atoms with Crippen molar-refractivity contribution in [3.8, 4) is 5.88 Å². The maximum Gasteiger partial charge on any atom is 0.237 e. The number of ether oxygens (including phenoxy) is 1. The highest BCUT2D eigenvalue weighted by Gasteiger charge is 2.03. The van der Waals surface area contributed by atoms with Crippen molar-refractivity contribution in [2.45, 2.75) is 6.54 Å². The molecule has 0 amide bonds. The van der Waals surface area contributed by atoms with Gasteiger partial charge in [0.25, 0.3) is 0 Å². The van der Waals surface area contributed by atoms with Crippen LogP contribution in [0.1, 0.15) is 5.69 Å². The normalized spacial score (nSPS) is 10.1. The fraction of sp³-hybridized carbons (Fsp3) is 0.273. The molecule has 5 nitrogen and oxygen atoms in total. The Balaban J connectivity index is 2.04. The lowest BCUT2D eigenvalue weighted by Gasteiger charge is -2.08. The Morgan fingerprint density at radius 1 is 1.44 bits per heavy atom. The first-order chi connectivity index (χ1) is 7.79. The molecule has 0 fully saturated rings. The highest BCUT2D eigenvalue weighted by atomic mass is 16.5. The van der Waals surface area contributed by atoms with Gasteiger partial charge in [-0.2, -0.15) is 5.10 Å². The molecule has 84 valence electrons. The molecule has 0 saturated heterocycles. The molecule has 1 N–H and O–H groups in total. The molecule has 0 aromatic carbocycles. The molecule has 2 rings (SSSR count). The second-order valence-corrected chi connectivity index (χ2v) is 3.39. The number of methoxy groups -OCH3 is 1. The third kappa shape index (κ3) is 2.31. The van der Waals surface area contributed by atoms with Crippen LogP contribution in [0.5, 0.6) is 5.88 Å². The van der Waals surface area contributed by atoms with Crippen LogP contribution in [0, 0.1) is 0 Å². The Hall–Kier alpha value is -2.04. The Morgan fingerprint density at radius 3 is 3.00 bits per heavy atom. The molecule has 2 aromatic heterocycles. The zero-order valence-electron chi connectivity index (χ0n) is 9.34. The van der Waals surface area contributed by atoms with Gasteiger partial charge in [-0.15, -0.1) is 0 Å². The molecule has 0 saturated carbocycles. The highest BCUT2D eigenvalue weighted by molar-refractivity contribution is 5.51.